The summed E-state index contributed by atoms with van der Waals surface area (Å²) in [5, 5.41) is 10.3. The van der Waals surface area contributed by atoms with Gasteiger partial charge in [0.15, 0.2) is 11.5 Å². The molecule has 3 aromatic carbocycles. The van der Waals surface area contributed by atoms with Gasteiger partial charge in [-0.1, -0.05) is 30.3 Å². The van der Waals surface area contributed by atoms with Crippen LogP contribution in [0.25, 0.3) is 6.08 Å². The molecule has 0 radical (unpaired) electrons. The summed E-state index contributed by atoms with van der Waals surface area (Å²) < 4.78 is 24.4. The zero-order valence-corrected chi connectivity index (χ0v) is 19.5. The van der Waals surface area contributed by atoms with E-state index in [1.807, 2.05) is 0 Å². The molecule has 0 N–H and O–H groups in total. The second-order valence-corrected chi connectivity index (χ2v) is 8.46. The van der Waals surface area contributed by atoms with Gasteiger partial charge < -0.3 is 9.47 Å². The fraction of sp³-hybridized carbons (Fsp3) is 0.0800. The summed E-state index contributed by atoms with van der Waals surface area (Å²) >= 11 is 0.754. The Morgan fingerprint density at radius 3 is 2.47 bits per heavy atom. The molecular weight excluding hydrogens is 491 g/mol. The summed E-state index contributed by atoms with van der Waals surface area (Å²) in [5.41, 5.74) is 0.736. The molecule has 0 unspecified atom stereocenters. The van der Waals surface area contributed by atoms with Crippen LogP contribution in [0.4, 0.5) is 14.9 Å². The zero-order valence-electron chi connectivity index (χ0n) is 18.7. The summed E-state index contributed by atoms with van der Waals surface area (Å²) in [6.07, 6.45) is 1.49. The van der Waals surface area contributed by atoms with E-state index in [1.165, 1.54) is 67.8 Å². The van der Waals surface area contributed by atoms with E-state index in [9.17, 15) is 28.9 Å². The van der Waals surface area contributed by atoms with Crippen molar-refractivity contribution in [1.82, 2.24) is 4.90 Å². The van der Waals surface area contributed by atoms with Gasteiger partial charge in [-0.3, -0.25) is 24.6 Å². The Balaban J connectivity index is 1.50. The molecule has 9 nitrogen and oxygen atoms in total. The molecule has 2 amide bonds. The van der Waals surface area contributed by atoms with E-state index in [4.69, 9.17) is 9.47 Å². The summed E-state index contributed by atoms with van der Waals surface area (Å²) in [7, 11) is 1.36. The lowest BCUT2D eigenvalue weighted by molar-refractivity contribution is -0.384. The second-order valence-electron chi connectivity index (χ2n) is 7.47. The first kappa shape index (κ1) is 24.6. The molecule has 3 aromatic rings. The van der Waals surface area contributed by atoms with Gasteiger partial charge in [-0.15, -0.1) is 0 Å². The SMILES string of the molecule is COc1cc(/C=C2\SC(=O)N(Cc3ccc([N+](=O)[O-])cc3)C2=O)ccc1OC(=O)c1ccccc1F. The topological polar surface area (TPSA) is 116 Å². The van der Waals surface area contributed by atoms with Crippen LogP contribution in [0.2, 0.25) is 0 Å². The van der Waals surface area contributed by atoms with E-state index < -0.39 is 27.9 Å². The predicted octanol–water partition coefficient (Wildman–Crippen LogP) is 5.20. The fourth-order valence-electron chi connectivity index (χ4n) is 3.33. The average molecular weight is 508 g/mol. The number of non-ortho nitro benzene ring substituents is 1. The number of esters is 1. The zero-order chi connectivity index (χ0) is 25.8. The van der Waals surface area contributed by atoms with Crippen LogP contribution < -0.4 is 9.47 Å². The molecule has 0 aromatic heterocycles. The Morgan fingerprint density at radius 2 is 1.81 bits per heavy atom. The van der Waals surface area contributed by atoms with Crippen LogP contribution in [0.5, 0.6) is 11.5 Å². The van der Waals surface area contributed by atoms with Crippen molar-refractivity contribution in [2.45, 2.75) is 6.54 Å². The van der Waals surface area contributed by atoms with Crippen molar-refractivity contribution in [3.8, 4) is 11.5 Å². The van der Waals surface area contributed by atoms with E-state index in [0.29, 0.717) is 11.1 Å². The van der Waals surface area contributed by atoms with Crippen molar-refractivity contribution in [2.24, 2.45) is 0 Å². The maximum Gasteiger partial charge on any atom is 0.346 e. The minimum Gasteiger partial charge on any atom is -0.493 e. The van der Waals surface area contributed by atoms with Gasteiger partial charge in [0.2, 0.25) is 0 Å². The maximum absolute atomic E-state index is 13.9. The third-order valence-corrected chi connectivity index (χ3v) is 6.05. The van der Waals surface area contributed by atoms with E-state index in [-0.39, 0.29) is 34.2 Å². The molecule has 0 spiro atoms. The van der Waals surface area contributed by atoms with Crippen molar-refractivity contribution in [3.05, 3.63) is 104 Å². The van der Waals surface area contributed by atoms with Gasteiger partial charge >= 0.3 is 5.97 Å². The Hall–Kier alpha value is -4.51. The number of hydrogen-bond donors (Lipinski definition) is 0. The van der Waals surface area contributed by atoms with Gasteiger partial charge in [0, 0.05) is 12.1 Å². The third-order valence-electron chi connectivity index (χ3n) is 5.14. The quantitative estimate of drug-likeness (QED) is 0.141. The summed E-state index contributed by atoms with van der Waals surface area (Å²) in [5.74, 6) is -1.92. The Bertz CT molecular complexity index is 1410. The van der Waals surface area contributed by atoms with Crippen LogP contribution in [0.3, 0.4) is 0 Å². The van der Waals surface area contributed by atoms with E-state index in [0.717, 1.165) is 22.7 Å². The van der Waals surface area contributed by atoms with E-state index in [1.54, 1.807) is 6.07 Å². The number of thioether (sulfide) groups is 1. The van der Waals surface area contributed by atoms with Crippen molar-refractivity contribution in [3.63, 3.8) is 0 Å². The number of methoxy groups -OCH3 is 1. The molecule has 0 aliphatic carbocycles. The van der Waals surface area contributed by atoms with Gasteiger partial charge in [0.1, 0.15) is 5.82 Å². The number of nitrogens with zero attached hydrogens (tertiary/aromatic N) is 2. The number of nitro benzene ring substituents is 1. The minimum atomic E-state index is -0.897. The highest BCUT2D eigenvalue weighted by molar-refractivity contribution is 8.18. The first-order chi connectivity index (χ1) is 17.3. The first-order valence-corrected chi connectivity index (χ1v) is 11.2. The number of benzene rings is 3. The number of amides is 2. The molecule has 1 aliphatic rings. The lowest BCUT2D eigenvalue weighted by atomic mass is 10.1. The molecule has 4 rings (SSSR count). The molecule has 1 fully saturated rings. The van der Waals surface area contributed by atoms with Crippen molar-refractivity contribution < 1.29 is 33.2 Å². The van der Waals surface area contributed by atoms with Crippen LogP contribution in [-0.4, -0.2) is 34.0 Å². The molecule has 1 aliphatic heterocycles. The lowest BCUT2D eigenvalue weighted by Gasteiger charge is -2.12. The van der Waals surface area contributed by atoms with E-state index in [2.05, 4.69) is 0 Å². The molecule has 0 saturated carbocycles. The summed E-state index contributed by atoms with van der Waals surface area (Å²) in [6, 6.07) is 15.5. The number of carbonyl (C=O) groups excluding carboxylic acids is 3. The normalized spacial score (nSPS) is 14.3. The standard InChI is InChI=1S/C25H17FN2O7S/c1-34-21-12-16(8-11-20(21)35-24(30)18-4-2-3-5-19(18)26)13-22-23(29)27(25(31)36-22)14-15-6-9-17(10-7-15)28(32)33/h2-13H,14H2,1H3/b22-13-. The molecular formula is C25H17FN2O7S. The molecule has 1 heterocycles. The molecule has 36 heavy (non-hydrogen) atoms. The van der Waals surface area contributed by atoms with Gasteiger partial charge in [-0.25, -0.2) is 9.18 Å². The number of nitro groups is 1. The van der Waals surface area contributed by atoms with Crippen LogP contribution in [0, 0.1) is 15.9 Å². The average Bonchev–Trinajstić information content (AvgIpc) is 3.12. The number of hydrogen-bond acceptors (Lipinski definition) is 8. The van der Waals surface area contributed by atoms with Crippen LogP contribution in [-0.2, 0) is 11.3 Å². The van der Waals surface area contributed by atoms with Gasteiger partial charge in [-0.05, 0) is 53.2 Å². The highest BCUT2D eigenvalue weighted by atomic mass is 32.2. The van der Waals surface area contributed by atoms with Gasteiger partial charge in [0.05, 0.1) is 29.0 Å². The highest BCUT2D eigenvalue weighted by Crippen LogP contribution is 2.35. The molecule has 182 valence electrons. The van der Waals surface area contributed by atoms with Crippen LogP contribution in [0.15, 0.2) is 71.6 Å². The maximum atomic E-state index is 13.9. The van der Waals surface area contributed by atoms with Crippen molar-refractivity contribution in [2.75, 3.05) is 7.11 Å². The number of imide groups is 1. The third kappa shape index (κ3) is 5.26. The highest BCUT2D eigenvalue weighted by Gasteiger charge is 2.35. The van der Waals surface area contributed by atoms with Crippen LogP contribution in [0.1, 0.15) is 21.5 Å². The molecule has 1 saturated heterocycles. The van der Waals surface area contributed by atoms with Gasteiger partial charge in [-0.2, -0.15) is 0 Å². The van der Waals surface area contributed by atoms with E-state index >= 15 is 0 Å². The summed E-state index contributed by atoms with van der Waals surface area (Å²) in [4.78, 5) is 49.1. The Kier molecular flexibility index (Phi) is 7.11. The lowest BCUT2D eigenvalue weighted by Crippen LogP contribution is -2.27. The number of ether oxygens (including phenoxy) is 2. The number of halogens is 1. The van der Waals surface area contributed by atoms with Crippen molar-refractivity contribution in [1.29, 1.82) is 0 Å². The van der Waals surface area contributed by atoms with Crippen molar-refractivity contribution >= 4 is 40.6 Å². The predicted molar refractivity (Wildman–Crippen MR) is 129 cm³/mol. The number of rotatable bonds is 7. The fourth-order valence-corrected chi connectivity index (χ4v) is 4.17. The minimum absolute atomic E-state index is 0.0335. The summed E-state index contributed by atoms with van der Waals surface area (Å²) in [6.45, 7) is -0.0335. The number of carbonyl (C=O) groups is 3. The monoisotopic (exact) mass is 508 g/mol. The smallest absolute Gasteiger partial charge is 0.346 e. The Morgan fingerprint density at radius 1 is 1.08 bits per heavy atom. The molecule has 0 atom stereocenters. The first-order valence-electron chi connectivity index (χ1n) is 10.4. The second kappa shape index (κ2) is 10.4. The molecule has 0 bridgehead atoms. The molecule has 11 heteroatoms. The van der Waals surface area contributed by atoms with Gasteiger partial charge in [0.25, 0.3) is 16.8 Å². The van der Waals surface area contributed by atoms with Crippen LogP contribution >= 0.6 is 11.8 Å². The Labute approximate surface area is 208 Å². The largest absolute Gasteiger partial charge is 0.493 e.